The van der Waals surface area contributed by atoms with E-state index in [2.05, 4.69) is 0 Å². The monoisotopic (exact) mass is 416 g/mol. The molecule has 1 saturated heterocycles. The van der Waals surface area contributed by atoms with Crippen molar-refractivity contribution in [2.45, 2.75) is 19.8 Å². The Bertz CT molecular complexity index is 922. The average molecular weight is 417 g/mol. The number of hydrogen-bond donors (Lipinski definition) is 0. The first-order valence-electron chi connectivity index (χ1n) is 9.47. The molecule has 0 radical (unpaired) electrons. The molecule has 0 aliphatic carbocycles. The smallest absolute Gasteiger partial charge is 0.223 e. The zero-order chi connectivity index (χ0) is 21.0. The molecule has 1 amide bonds. The summed E-state index contributed by atoms with van der Waals surface area (Å²) in [5.41, 5.74) is 1.31. The predicted octanol–water partition coefficient (Wildman–Crippen LogP) is 3.99. The Balaban J connectivity index is 1.51. The number of carbonyl (C=O) groups excluding carboxylic acids is 3. The first kappa shape index (κ1) is 21.0. The molecule has 5 nitrogen and oxygen atoms in total. The van der Waals surface area contributed by atoms with E-state index in [1.54, 1.807) is 41.3 Å². The third kappa shape index (κ3) is 5.21. The Labute approximate surface area is 174 Å². The molecule has 1 fully saturated rings. The fraction of sp³-hybridized carbons (Fsp3) is 0.318. The number of piperazine rings is 1. The first-order valence-corrected chi connectivity index (χ1v) is 9.85. The summed E-state index contributed by atoms with van der Waals surface area (Å²) in [7, 11) is 0. The third-order valence-electron chi connectivity index (χ3n) is 5.06. The topological polar surface area (TPSA) is 57.7 Å². The molecule has 0 bridgehead atoms. The second-order valence-corrected chi connectivity index (χ2v) is 7.46. The number of rotatable bonds is 6. The number of benzene rings is 2. The van der Waals surface area contributed by atoms with E-state index in [9.17, 15) is 18.8 Å². The van der Waals surface area contributed by atoms with Crippen molar-refractivity contribution < 1.29 is 18.8 Å². The summed E-state index contributed by atoms with van der Waals surface area (Å²) in [5.74, 6) is -0.800. The van der Waals surface area contributed by atoms with Crippen molar-refractivity contribution in [3.8, 4) is 0 Å². The van der Waals surface area contributed by atoms with Crippen LogP contribution in [0.25, 0.3) is 0 Å². The molecule has 1 aliphatic heterocycles. The van der Waals surface area contributed by atoms with Crippen molar-refractivity contribution in [1.29, 1.82) is 0 Å². The van der Waals surface area contributed by atoms with Crippen molar-refractivity contribution in [3.05, 3.63) is 64.4 Å². The van der Waals surface area contributed by atoms with Gasteiger partial charge in [-0.25, -0.2) is 4.39 Å². The summed E-state index contributed by atoms with van der Waals surface area (Å²) < 4.78 is 14.3. The molecule has 1 aliphatic rings. The zero-order valence-electron chi connectivity index (χ0n) is 16.2. The molecular weight excluding hydrogens is 395 g/mol. The van der Waals surface area contributed by atoms with Crippen LogP contribution in [0.3, 0.4) is 0 Å². The summed E-state index contributed by atoms with van der Waals surface area (Å²) in [6, 6.07) is 11.1. The van der Waals surface area contributed by atoms with Crippen LogP contribution < -0.4 is 4.90 Å². The Kier molecular flexibility index (Phi) is 6.64. The second-order valence-electron chi connectivity index (χ2n) is 7.02. The van der Waals surface area contributed by atoms with E-state index < -0.39 is 5.82 Å². The van der Waals surface area contributed by atoms with Gasteiger partial charge in [-0.05, 0) is 49.4 Å². The summed E-state index contributed by atoms with van der Waals surface area (Å²) in [6.45, 7) is 3.31. The van der Waals surface area contributed by atoms with Crippen molar-refractivity contribution in [2.75, 3.05) is 31.1 Å². The molecule has 7 heteroatoms. The minimum absolute atomic E-state index is 0.0839. The van der Waals surface area contributed by atoms with Gasteiger partial charge >= 0.3 is 0 Å². The van der Waals surface area contributed by atoms with E-state index in [1.807, 2.05) is 4.90 Å². The standard InChI is InChI=1S/C22H22ClFN2O3/c1-15(27)17-4-7-20(19(24)14-17)25-10-12-26(13-11-25)22(29)9-8-21(28)16-2-5-18(23)6-3-16/h2-7,14H,8-13H2,1H3. The average Bonchev–Trinajstić information content (AvgIpc) is 2.72. The highest BCUT2D eigenvalue weighted by molar-refractivity contribution is 6.30. The van der Waals surface area contributed by atoms with E-state index in [1.165, 1.54) is 13.0 Å². The number of nitrogens with zero attached hydrogens (tertiary/aromatic N) is 2. The Hall–Kier alpha value is -2.73. The lowest BCUT2D eigenvalue weighted by Gasteiger charge is -2.36. The fourth-order valence-corrected chi connectivity index (χ4v) is 3.46. The zero-order valence-corrected chi connectivity index (χ0v) is 16.9. The first-order chi connectivity index (χ1) is 13.8. The Morgan fingerprint density at radius 2 is 1.55 bits per heavy atom. The Morgan fingerprint density at radius 3 is 2.14 bits per heavy atom. The summed E-state index contributed by atoms with van der Waals surface area (Å²) in [4.78, 5) is 39.6. The minimum Gasteiger partial charge on any atom is -0.366 e. The molecular formula is C22H22ClFN2O3. The molecule has 3 rings (SSSR count). The summed E-state index contributed by atoms with van der Waals surface area (Å²) in [5, 5.41) is 0.558. The van der Waals surface area contributed by atoms with Crippen LogP contribution >= 0.6 is 11.6 Å². The largest absolute Gasteiger partial charge is 0.366 e. The summed E-state index contributed by atoms with van der Waals surface area (Å²) >= 11 is 5.82. The number of hydrogen-bond acceptors (Lipinski definition) is 4. The van der Waals surface area contributed by atoms with Gasteiger partial charge in [0.15, 0.2) is 11.6 Å². The van der Waals surface area contributed by atoms with Crippen LogP contribution in [0.4, 0.5) is 10.1 Å². The number of anilines is 1. The molecule has 0 unspecified atom stereocenters. The quantitative estimate of drug-likeness (QED) is 0.668. The molecule has 0 N–H and O–H groups in total. The number of Topliss-reactive ketones (excluding diaryl/α,β-unsaturated/α-hetero) is 2. The van der Waals surface area contributed by atoms with Gasteiger partial charge in [0.1, 0.15) is 5.82 Å². The van der Waals surface area contributed by atoms with Gasteiger partial charge in [0.2, 0.25) is 5.91 Å². The van der Waals surface area contributed by atoms with Gasteiger partial charge in [-0.15, -0.1) is 0 Å². The molecule has 0 spiro atoms. The van der Waals surface area contributed by atoms with E-state index >= 15 is 0 Å². The highest BCUT2D eigenvalue weighted by Crippen LogP contribution is 2.22. The Morgan fingerprint density at radius 1 is 0.931 bits per heavy atom. The highest BCUT2D eigenvalue weighted by Gasteiger charge is 2.23. The van der Waals surface area contributed by atoms with Crippen LogP contribution in [-0.4, -0.2) is 48.6 Å². The predicted molar refractivity (Wildman–Crippen MR) is 110 cm³/mol. The molecule has 2 aromatic carbocycles. The maximum absolute atomic E-state index is 14.3. The van der Waals surface area contributed by atoms with Gasteiger partial charge in [-0.1, -0.05) is 11.6 Å². The molecule has 0 saturated carbocycles. The van der Waals surface area contributed by atoms with Crippen molar-refractivity contribution in [2.24, 2.45) is 0 Å². The number of ketones is 2. The second kappa shape index (κ2) is 9.18. The lowest BCUT2D eigenvalue weighted by Crippen LogP contribution is -2.49. The van der Waals surface area contributed by atoms with Crippen LogP contribution in [0.1, 0.15) is 40.5 Å². The van der Waals surface area contributed by atoms with Crippen LogP contribution in [0.5, 0.6) is 0 Å². The lowest BCUT2D eigenvalue weighted by atomic mass is 10.1. The maximum atomic E-state index is 14.3. The lowest BCUT2D eigenvalue weighted by molar-refractivity contribution is -0.131. The van der Waals surface area contributed by atoms with Gasteiger partial charge in [0, 0.05) is 55.2 Å². The van der Waals surface area contributed by atoms with Gasteiger partial charge < -0.3 is 9.80 Å². The van der Waals surface area contributed by atoms with E-state index in [4.69, 9.17) is 11.6 Å². The number of halogens is 2. The van der Waals surface area contributed by atoms with Gasteiger partial charge in [0.25, 0.3) is 0 Å². The SMILES string of the molecule is CC(=O)c1ccc(N2CCN(C(=O)CCC(=O)c3ccc(Cl)cc3)CC2)c(F)c1. The van der Waals surface area contributed by atoms with Crippen LogP contribution in [0.2, 0.25) is 5.02 Å². The van der Waals surface area contributed by atoms with Crippen molar-refractivity contribution in [3.63, 3.8) is 0 Å². The molecule has 0 aromatic heterocycles. The van der Waals surface area contributed by atoms with E-state index in [0.717, 1.165) is 0 Å². The third-order valence-corrected chi connectivity index (χ3v) is 5.31. The van der Waals surface area contributed by atoms with E-state index in [0.29, 0.717) is 48.0 Å². The maximum Gasteiger partial charge on any atom is 0.223 e. The molecule has 29 heavy (non-hydrogen) atoms. The fourth-order valence-electron chi connectivity index (χ4n) is 3.34. The normalized spacial score (nSPS) is 14.0. The number of amides is 1. The molecule has 152 valence electrons. The molecule has 1 heterocycles. The van der Waals surface area contributed by atoms with E-state index in [-0.39, 0.29) is 30.3 Å². The molecule has 0 atom stereocenters. The summed E-state index contributed by atoms with van der Waals surface area (Å²) in [6.07, 6.45) is 0.283. The van der Waals surface area contributed by atoms with Crippen molar-refractivity contribution >= 4 is 34.8 Å². The van der Waals surface area contributed by atoms with Gasteiger partial charge in [-0.3, -0.25) is 14.4 Å². The highest BCUT2D eigenvalue weighted by atomic mass is 35.5. The van der Waals surface area contributed by atoms with Crippen LogP contribution in [0, 0.1) is 5.82 Å². The minimum atomic E-state index is -0.439. The van der Waals surface area contributed by atoms with Crippen LogP contribution in [0.15, 0.2) is 42.5 Å². The van der Waals surface area contributed by atoms with Crippen molar-refractivity contribution in [1.82, 2.24) is 4.90 Å². The number of carbonyl (C=O) groups is 3. The molecule has 2 aromatic rings. The van der Waals surface area contributed by atoms with Gasteiger partial charge in [0.05, 0.1) is 5.69 Å². The van der Waals surface area contributed by atoms with Gasteiger partial charge in [-0.2, -0.15) is 0 Å². The van der Waals surface area contributed by atoms with Crippen LogP contribution in [-0.2, 0) is 4.79 Å².